The summed E-state index contributed by atoms with van der Waals surface area (Å²) in [5.74, 6) is -0.0775. The summed E-state index contributed by atoms with van der Waals surface area (Å²) < 4.78 is 8.79. The lowest BCUT2D eigenvalue weighted by Crippen LogP contribution is -2.62. The predicted octanol–water partition coefficient (Wildman–Crippen LogP) is 7.99. The van der Waals surface area contributed by atoms with E-state index in [-0.39, 0.29) is 34.2 Å². The Kier molecular flexibility index (Phi) is 7.13. The number of fused-ring (bicyclic) bond motifs is 11. The van der Waals surface area contributed by atoms with Crippen LogP contribution in [0.3, 0.4) is 0 Å². The Balaban J connectivity index is 1.35. The molecule has 8 atom stereocenters. The third-order valence-corrected chi connectivity index (χ3v) is 14.8. The van der Waals surface area contributed by atoms with Crippen LogP contribution in [0.4, 0.5) is 0 Å². The molecule has 8 rings (SSSR count). The van der Waals surface area contributed by atoms with Crippen molar-refractivity contribution in [1.82, 2.24) is 9.88 Å². The van der Waals surface area contributed by atoms with E-state index in [1.165, 1.54) is 11.3 Å². The first-order valence-corrected chi connectivity index (χ1v) is 18.9. The number of nitrogens with zero attached hydrogens (tertiary/aromatic N) is 1. The van der Waals surface area contributed by atoms with E-state index >= 15 is 0 Å². The minimum Gasteiger partial charge on any atom is -0.392 e. The maximum atomic E-state index is 14.8. The molecule has 1 amide bonds. The summed E-state index contributed by atoms with van der Waals surface area (Å²) in [5.41, 5.74) is 5.62. The number of allylic oxidation sites excluding steroid dienone is 3. The zero-order valence-corrected chi connectivity index (χ0v) is 32.0. The number of carbonyl (C=O) groups is 3. The van der Waals surface area contributed by atoms with Crippen molar-refractivity contribution < 1.29 is 24.2 Å². The van der Waals surface area contributed by atoms with Crippen molar-refractivity contribution >= 4 is 33.9 Å². The fourth-order valence-corrected chi connectivity index (χ4v) is 12.6. The number of carbonyl (C=O) groups excluding carboxylic acids is 3. The molecule has 0 unspecified atom stereocenters. The molecule has 0 spiro atoms. The van der Waals surface area contributed by atoms with E-state index in [0.717, 1.165) is 53.3 Å². The van der Waals surface area contributed by atoms with Gasteiger partial charge >= 0.3 is 0 Å². The Hall–Kier alpha value is -3.55. The van der Waals surface area contributed by atoms with Crippen LogP contribution >= 0.6 is 0 Å². The number of benzene rings is 1. The Labute approximate surface area is 302 Å². The lowest BCUT2D eigenvalue weighted by molar-refractivity contribution is -0.144. The first-order chi connectivity index (χ1) is 23.7. The molecule has 2 aliphatic heterocycles. The predicted molar refractivity (Wildman–Crippen MR) is 201 cm³/mol. The largest absolute Gasteiger partial charge is 0.392 e. The molecule has 270 valence electrons. The number of Topliss-reactive ketones (excluding diaryl/α,β-unsaturated/α-hetero) is 2. The molecular formula is C44H54N2O5. The summed E-state index contributed by atoms with van der Waals surface area (Å²) in [6, 6.07) is 1.68. The third kappa shape index (κ3) is 4.16. The molecular weight excluding hydrogens is 636 g/mol. The van der Waals surface area contributed by atoms with Gasteiger partial charge in [-0.3, -0.25) is 14.4 Å². The van der Waals surface area contributed by atoms with Crippen molar-refractivity contribution in [2.75, 3.05) is 7.05 Å². The number of nitrogens with one attached hydrogen (secondary N) is 1. The van der Waals surface area contributed by atoms with E-state index in [1.807, 2.05) is 46.8 Å². The van der Waals surface area contributed by atoms with Gasteiger partial charge in [0.1, 0.15) is 6.04 Å². The van der Waals surface area contributed by atoms with Gasteiger partial charge in [-0.05, 0) is 120 Å². The van der Waals surface area contributed by atoms with Gasteiger partial charge in [-0.25, -0.2) is 0 Å². The minimum absolute atomic E-state index is 0.0180. The highest BCUT2D eigenvalue weighted by atomic mass is 16.5. The standard InChI is InChI=1S/C44H54N2O5/c1-22(2)34-37(49)32-31-25(28-21-40(4,5)51-41(6,7)33(28)36(31)48)20-26-27-19-24-14-15-29-42(8,17-12-13-23(3)39(50)45-11)30(47)16-18-43(29,9)44(24,10)38(27)46(34)35(26)32/h12-13,17,20-21,24,29-30,33-34,47H,1,14-16,18-19H2,2-11H3,(H,45,50)/b17-12+,23-13+/t24-,29-,30-,33+,34-,42-,43-,44+/m0/s1. The number of aromatic nitrogens is 1. The van der Waals surface area contributed by atoms with E-state index in [4.69, 9.17) is 4.74 Å². The molecule has 1 aromatic carbocycles. The average molecular weight is 691 g/mol. The molecule has 2 saturated carbocycles. The van der Waals surface area contributed by atoms with Crippen LogP contribution in [0, 0.1) is 28.6 Å². The van der Waals surface area contributed by atoms with E-state index < -0.39 is 34.7 Å². The van der Waals surface area contributed by atoms with Crippen LogP contribution in [0.5, 0.6) is 0 Å². The van der Waals surface area contributed by atoms with Gasteiger partial charge in [0.25, 0.3) is 0 Å². The summed E-state index contributed by atoms with van der Waals surface area (Å²) in [7, 11) is 1.63. The molecule has 2 aromatic rings. The second-order valence-corrected chi connectivity index (χ2v) is 18.4. The molecule has 0 bridgehead atoms. The number of likely N-dealkylation sites (N-methyl/N-ethyl adjacent to an activating group) is 1. The summed E-state index contributed by atoms with van der Waals surface area (Å²) in [6.07, 6.45) is 12.0. The number of hydrogen-bond donors (Lipinski definition) is 2. The summed E-state index contributed by atoms with van der Waals surface area (Å²) in [6.45, 7) is 23.3. The third-order valence-electron chi connectivity index (χ3n) is 14.8. The highest BCUT2D eigenvalue weighted by molar-refractivity contribution is 6.28. The van der Waals surface area contributed by atoms with Crippen LogP contribution in [0.2, 0.25) is 0 Å². The normalized spacial score (nSPS) is 37.2. The van der Waals surface area contributed by atoms with Gasteiger partial charge in [0, 0.05) is 40.1 Å². The number of ether oxygens (including phenoxy) is 1. The number of rotatable bonds is 4. The molecule has 1 aromatic heterocycles. The topological polar surface area (TPSA) is 97.6 Å². The second-order valence-electron chi connectivity index (χ2n) is 18.4. The van der Waals surface area contributed by atoms with Gasteiger partial charge in [-0.1, -0.05) is 51.2 Å². The lowest BCUT2D eigenvalue weighted by atomic mass is 9.40. The van der Waals surface area contributed by atoms with Crippen LogP contribution in [0.25, 0.3) is 16.5 Å². The molecule has 51 heavy (non-hydrogen) atoms. The first kappa shape index (κ1) is 34.5. The smallest absolute Gasteiger partial charge is 0.246 e. The monoisotopic (exact) mass is 690 g/mol. The summed E-state index contributed by atoms with van der Waals surface area (Å²) in [5, 5.41) is 15.5. The summed E-state index contributed by atoms with van der Waals surface area (Å²) >= 11 is 0. The number of hydrogen-bond acceptors (Lipinski definition) is 5. The van der Waals surface area contributed by atoms with Gasteiger partial charge in [0.2, 0.25) is 5.91 Å². The second kappa shape index (κ2) is 10.5. The summed E-state index contributed by atoms with van der Waals surface area (Å²) in [4.78, 5) is 41.6. The SMILES string of the molecule is C=C(C)[C@H]1C(=O)c2c3c(cc4c5c(n1c24)[C@@]1(C)[C@@H](CC[C@H]2[C@](C)(/C=C/C=C(\C)C(=O)NC)[C@@H](O)CC[C@@]21C)C5)C1=CC(C)(C)OC(C)(C)[C@H]1C3=O. The fraction of sp³-hybridized carbons (Fsp3) is 0.568. The quantitative estimate of drug-likeness (QED) is 0.193. The van der Waals surface area contributed by atoms with Crippen molar-refractivity contribution in [3.63, 3.8) is 0 Å². The number of aliphatic hydroxyl groups is 1. The van der Waals surface area contributed by atoms with Crippen LogP contribution < -0.4 is 5.32 Å². The van der Waals surface area contributed by atoms with Crippen molar-refractivity contribution in [2.45, 2.75) is 123 Å². The molecule has 4 aliphatic carbocycles. The zero-order valence-electron chi connectivity index (χ0n) is 32.0. The van der Waals surface area contributed by atoms with E-state index in [0.29, 0.717) is 29.0 Å². The van der Waals surface area contributed by atoms with E-state index in [9.17, 15) is 19.5 Å². The maximum absolute atomic E-state index is 14.8. The van der Waals surface area contributed by atoms with Crippen LogP contribution in [-0.2, 0) is 21.4 Å². The highest BCUT2D eigenvalue weighted by Gasteiger charge is 2.67. The van der Waals surface area contributed by atoms with Gasteiger partial charge in [0.15, 0.2) is 11.6 Å². The van der Waals surface area contributed by atoms with E-state index in [2.05, 4.69) is 55.5 Å². The number of ketones is 2. The number of amides is 1. The van der Waals surface area contributed by atoms with Crippen molar-refractivity contribution in [2.24, 2.45) is 28.6 Å². The van der Waals surface area contributed by atoms with Crippen LogP contribution in [0.1, 0.15) is 132 Å². The Morgan fingerprint density at radius 2 is 1.75 bits per heavy atom. The molecule has 7 heteroatoms. The van der Waals surface area contributed by atoms with Crippen molar-refractivity contribution in [3.05, 3.63) is 76.0 Å². The van der Waals surface area contributed by atoms with Crippen molar-refractivity contribution in [1.29, 1.82) is 0 Å². The molecule has 2 fully saturated rings. The average Bonchev–Trinajstić information content (AvgIpc) is 3.71. The van der Waals surface area contributed by atoms with Gasteiger partial charge in [-0.15, -0.1) is 0 Å². The Bertz CT molecular complexity index is 2090. The van der Waals surface area contributed by atoms with E-state index in [1.54, 1.807) is 14.0 Å². The molecule has 6 aliphatic rings. The molecule has 0 radical (unpaired) electrons. The van der Waals surface area contributed by atoms with Gasteiger partial charge in [-0.2, -0.15) is 0 Å². The molecule has 0 saturated heterocycles. The van der Waals surface area contributed by atoms with Gasteiger partial charge in [0.05, 0.1) is 34.3 Å². The van der Waals surface area contributed by atoms with Crippen molar-refractivity contribution in [3.8, 4) is 0 Å². The molecule has 2 N–H and O–H groups in total. The Morgan fingerprint density at radius 1 is 1.04 bits per heavy atom. The lowest BCUT2D eigenvalue weighted by Gasteiger charge is -2.64. The number of aliphatic hydroxyl groups excluding tert-OH is 1. The first-order valence-electron chi connectivity index (χ1n) is 18.9. The van der Waals surface area contributed by atoms with Gasteiger partial charge < -0.3 is 19.7 Å². The fourth-order valence-electron chi connectivity index (χ4n) is 12.6. The zero-order chi connectivity index (χ0) is 37.0. The Morgan fingerprint density at radius 3 is 2.41 bits per heavy atom. The maximum Gasteiger partial charge on any atom is 0.246 e. The van der Waals surface area contributed by atoms with Crippen LogP contribution in [-0.4, -0.2) is 51.5 Å². The minimum atomic E-state index is -0.719. The molecule has 7 nitrogen and oxygen atoms in total. The van der Waals surface area contributed by atoms with Crippen LogP contribution in [0.15, 0.2) is 48.1 Å². The molecule has 3 heterocycles. The highest BCUT2D eigenvalue weighted by Crippen LogP contribution is 2.71.